The van der Waals surface area contributed by atoms with E-state index in [1.54, 1.807) is 24.3 Å². The Bertz CT molecular complexity index is 1000. The molecule has 2 heterocycles. The smallest absolute Gasteiger partial charge is 0.307 e. The molecule has 0 bridgehead atoms. The number of nitrogens with one attached hydrogen (secondary N) is 2. The van der Waals surface area contributed by atoms with Gasteiger partial charge in [-0.05, 0) is 25.5 Å². The van der Waals surface area contributed by atoms with Gasteiger partial charge in [0.15, 0.2) is 5.13 Å². The molecule has 0 fully saturated rings. The number of carbonyl (C=O) groups is 1. The molecular formula is C16H16N4O3S. The average Bonchev–Trinajstić information content (AvgIpc) is 2.95. The van der Waals surface area contributed by atoms with Gasteiger partial charge in [-0.3, -0.25) is 14.2 Å². The third-order valence-corrected chi connectivity index (χ3v) is 4.42. The number of para-hydroxylation sites is 1. The summed E-state index contributed by atoms with van der Waals surface area (Å²) in [5.74, 6) is -0.186. The standard InChI is InChI=1S/C16H16N4O3S/c1-10-9-24-15(17-10)19-13(21)7-4-8-20-14(22)11-5-2-3-6-12(11)18-16(20)23/h2-3,5-6,9H,4,7-8H2,1H3,(H,18,23)(H,17,19,21). The first-order chi connectivity index (χ1) is 11.5. The maximum absolute atomic E-state index is 12.4. The van der Waals surface area contributed by atoms with E-state index in [1.807, 2.05) is 12.3 Å². The van der Waals surface area contributed by atoms with Crippen molar-refractivity contribution in [3.63, 3.8) is 0 Å². The summed E-state index contributed by atoms with van der Waals surface area (Å²) in [6.45, 7) is 2.04. The summed E-state index contributed by atoms with van der Waals surface area (Å²) in [5, 5.41) is 5.57. The van der Waals surface area contributed by atoms with Gasteiger partial charge < -0.3 is 10.3 Å². The maximum Gasteiger partial charge on any atom is 0.328 e. The highest BCUT2D eigenvalue weighted by molar-refractivity contribution is 7.13. The largest absolute Gasteiger partial charge is 0.328 e. The van der Waals surface area contributed by atoms with Gasteiger partial charge >= 0.3 is 5.69 Å². The van der Waals surface area contributed by atoms with E-state index in [1.165, 1.54) is 11.3 Å². The van der Waals surface area contributed by atoms with Gasteiger partial charge in [-0.15, -0.1) is 11.3 Å². The van der Waals surface area contributed by atoms with Crippen LogP contribution in [0.3, 0.4) is 0 Å². The number of aryl methyl sites for hydroxylation is 1. The zero-order valence-electron chi connectivity index (χ0n) is 13.0. The molecular weight excluding hydrogens is 328 g/mol. The van der Waals surface area contributed by atoms with E-state index in [2.05, 4.69) is 15.3 Å². The van der Waals surface area contributed by atoms with E-state index in [-0.39, 0.29) is 24.4 Å². The Labute approximate surface area is 141 Å². The molecule has 2 aromatic heterocycles. The van der Waals surface area contributed by atoms with Crippen LogP contribution in [-0.4, -0.2) is 20.4 Å². The van der Waals surface area contributed by atoms with Crippen LogP contribution >= 0.6 is 11.3 Å². The second-order valence-electron chi connectivity index (χ2n) is 5.38. The van der Waals surface area contributed by atoms with E-state index in [0.29, 0.717) is 22.5 Å². The molecule has 2 N–H and O–H groups in total. The van der Waals surface area contributed by atoms with Crippen LogP contribution in [0.1, 0.15) is 18.5 Å². The second-order valence-corrected chi connectivity index (χ2v) is 6.24. The van der Waals surface area contributed by atoms with Crippen LogP contribution < -0.4 is 16.6 Å². The summed E-state index contributed by atoms with van der Waals surface area (Å²) >= 11 is 1.36. The predicted octanol–water partition coefficient (Wildman–Crippen LogP) is 1.87. The van der Waals surface area contributed by atoms with Crippen LogP contribution in [0, 0.1) is 6.92 Å². The third kappa shape index (κ3) is 3.43. The number of hydrogen-bond acceptors (Lipinski definition) is 5. The molecule has 8 heteroatoms. The van der Waals surface area contributed by atoms with Gasteiger partial charge in [0.25, 0.3) is 5.56 Å². The zero-order valence-corrected chi connectivity index (χ0v) is 13.9. The summed E-state index contributed by atoms with van der Waals surface area (Å²) in [6.07, 6.45) is 0.592. The number of rotatable bonds is 5. The summed E-state index contributed by atoms with van der Waals surface area (Å²) in [6, 6.07) is 6.86. The van der Waals surface area contributed by atoms with Crippen molar-refractivity contribution in [2.24, 2.45) is 0 Å². The fourth-order valence-electron chi connectivity index (χ4n) is 2.39. The van der Waals surface area contributed by atoms with Gasteiger partial charge in [0.05, 0.1) is 16.6 Å². The minimum absolute atomic E-state index is 0.184. The Morgan fingerprint density at radius 2 is 2.12 bits per heavy atom. The Morgan fingerprint density at radius 3 is 2.88 bits per heavy atom. The van der Waals surface area contributed by atoms with Crippen LogP contribution in [-0.2, 0) is 11.3 Å². The predicted molar refractivity (Wildman–Crippen MR) is 93.5 cm³/mol. The first kappa shape index (κ1) is 16.1. The summed E-state index contributed by atoms with van der Waals surface area (Å²) in [5.41, 5.74) is 0.560. The quantitative estimate of drug-likeness (QED) is 0.738. The summed E-state index contributed by atoms with van der Waals surface area (Å²) in [7, 11) is 0. The highest BCUT2D eigenvalue weighted by atomic mass is 32.1. The second kappa shape index (κ2) is 6.79. The normalized spacial score (nSPS) is 10.9. The van der Waals surface area contributed by atoms with Crippen LogP contribution in [0.5, 0.6) is 0 Å². The molecule has 124 valence electrons. The molecule has 3 aromatic rings. The number of aromatic nitrogens is 3. The fourth-order valence-corrected chi connectivity index (χ4v) is 3.10. The third-order valence-electron chi connectivity index (χ3n) is 3.54. The number of benzene rings is 1. The fraction of sp³-hybridized carbons (Fsp3) is 0.250. The molecule has 0 unspecified atom stereocenters. The number of fused-ring (bicyclic) bond motifs is 1. The summed E-state index contributed by atoms with van der Waals surface area (Å²) < 4.78 is 1.13. The molecule has 1 amide bonds. The van der Waals surface area contributed by atoms with Crippen molar-refractivity contribution in [3.05, 3.63) is 56.2 Å². The molecule has 0 aliphatic rings. The number of amides is 1. The molecule has 3 rings (SSSR count). The Kier molecular flexibility index (Phi) is 4.57. The highest BCUT2D eigenvalue weighted by Crippen LogP contribution is 2.14. The van der Waals surface area contributed by atoms with Crippen molar-refractivity contribution in [1.29, 1.82) is 0 Å². The SMILES string of the molecule is Cc1csc(NC(=O)CCCn2c(=O)[nH]c3ccccc3c2=O)n1. The molecule has 0 saturated carbocycles. The number of hydrogen-bond donors (Lipinski definition) is 2. The Balaban J connectivity index is 1.66. The van der Waals surface area contributed by atoms with E-state index < -0.39 is 5.69 Å². The number of thiazole rings is 1. The number of nitrogens with zero attached hydrogens (tertiary/aromatic N) is 2. The molecule has 7 nitrogen and oxygen atoms in total. The van der Waals surface area contributed by atoms with Crippen LogP contribution in [0.25, 0.3) is 10.9 Å². The van der Waals surface area contributed by atoms with Crippen molar-refractivity contribution >= 4 is 33.3 Å². The van der Waals surface area contributed by atoms with E-state index in [0.717, 1.165) is 10.3 Å². The maximum atomic E-state index is 12.4. The van der Waals surface area contributed by atoms with Crippen molar-refractivity contribution in [1.82, 2.24) is 14.5 Å². The van der Waals surface area contributed by atoms with Gasteiger partial charge in [-0.2, -0.15) is 0 Å². The minimum Gasteiger partial charge on any atom is -0.307 e. The van der Waals surface area contributed by atoms with E-state index in [4.69, 9.17) is 0 Å². The Morgan fingerprint density at radius 1 is 1.33 bits per heavy atom. The minimum atomic E-state index is -0.463. The molecule has 0 aliphatic carbocycles. The molecule has 0 saturated heterocycles. The first-order valence-electron chi connectivity index (χ1n) is 7.48. The van der Waals surface area contributed by atoms with E-state index in [9.17, 15) is 14.4 Å². The number of H-pyrrole nitrogens is 1. The lowest BCUT2D eigenvalue weighted by molar-refractivity contribution is -0.116. The van der Waals surface area contributed by atoms with Crippen LogP contribution in [0.15, 0.2) is 39.2 Å². The topological polar surface area (TPSA) is 96.9 Å². The van der Waals surface area contributed by atoms with Gasteiger partial charge in [0.2, 0.25) is 5.91 Å². The number of aromatic amines is 1. The molecule has 0 spiro atoms. The zero-order chi connectivity index (χ0) is 17.1. The van der Waals surface area contributed by atoms with Crippen molar-refractivity contribution in [2.45, 2.75) is 26.3 Å². The van der Waals surface area contributed by atoms with Crippen LogP contribution in [0.4, 0.5) is 5.13 Å². The number of anilines is 1. The molecule has 1 aromatic carbocycles. The highest BCUT2D eigenvalue weighted by Gasteiger charge is 2.09. The lowest BCUT2D eigenvalue weighted by Crippen LogP contribution is -2.35. The molecule has 24 heavy (non-hydrogen) atoms. The average molecular weight is 344 g/mol. The van der Waals surface area contributed by atoms with Crippen molar-refractivity contribution in [3.8, 4) is 0 Å². The lowest BCUT2D eigenvalue weighted by Gasteiger charge is -2.06. The molecule has 0 atom stereocenters. The number of carbonyl (C=O) groups excluding carboxylic acids is 1. The monoisotopic (exact) mass is 344 g/mol. The molecule has 0 aliphatic heterocycles. The Hall–Kier alpha value is -2.74. The van der Waals surface area contributed by atoms with E-state index >= 15 is 0 Å². The van der Waals surface area contributed by atoms with Crippen molar-refractivity contribution in [2.75, 3.05) is 5.32 Å². The van der Waals surface area contributed by atoms with Crippen molar-refractivity contribution < 1.29 is 4.79 Å². The molecule has 0 radical (unpaired) electrons. The van der Waals surface area contributed by atoms with Gasteiger partial charge in [-0.25, -0.2) is 9.78 Å². The lowest BCUT2D eigenvalue weighted by atomic mass is 10.2. The first-order valence-corrected chi connectivity index (χ1v) is 8.36. The summed E-state index contributed by atoms with van der Waals surface area (Å²) in [4.78, 5) is 43.1. The van der Waals surface area contributed by atoms with Gasteiger partial charge in [0, 0.05) is 18.3 Å². The van der Waals surface area contributed by atoms with Gasteiger partial charge in [0.1, 0.15) is 0 Å². The van der Waals surface area contributed by atoms with Gasteiger partial charge in [-0.1, -0.05) is 12.1 Å². The van der Waals surface area contributed by atoms with Crippen LogP contribution in [0.2, 0.25) is 0 Å².